The van der Waals surface area contributed by atoms with Gasteiger partial charge >= 0.3 is 0 Å². The van der Waals surface area contributed by atoms with Crippen LogP contribution in [0.15, 0.2) is 48.5 Å². The maximum Gasteiger partial charge on any atom is 0.295 e. The number of nitriles is 1. The van der Waals surface area contributed by atoms with Crippen LogP contribution in [0.5, 0.6) is 5.75 Å². The molecular formula is C21H17N3O3. The van der Waals surface area contributed by atoms with E-state index in [1.807, 2.05) is 24.3 Å². The molecule has 4 rings (SSSR count). The molecule has 1 N–H and O–H groups in total. The van der Waals surface area contributed by atoms with E-state index in [9.17, 15) is 9.59 Å². The van der Waals surface area contributed by atoms with Crippen molar-refractivity contribution in [3.8, 4) is 11.8 Å². The molecule has 2 aromatic carbocycles. The Labute approximate surface area is 156 Å². The molecule has 0 atom stereocenters. The van der Waals surface area contributed by atoms with Gasteiger partial charge in [0, 0.05) is 16.6 Å². The van der Waals surface area contributed by atoms with E-state index >= 15 is 0 Å². The van der Waals surface area contributed by atoms with Crippen molar-refractivity contribution in [3.63, 3.8) is 0 Å². The number of nitrogens with zero attached hydrogens (tertiary/aromatic N) is 2. The minimum Gasteiger partial charge on any atom is -0.487 e. The first-order valence-electron chi connectivity index (χ1n) is 8.64. The minimum absolute atomic E-state index is 0.154. The number of ether oxygens (including phenoxy) is 1. The molecule has 3 aromatic rings. The van der Waals surface area contributed by atoms with Gasteiger partial charge in [0.15, 0.2) is 0 Å². The fourth-order valence-electron chi connectivity index (χ4n) is 3.30. The lowest BCUT2D eigenvalue weighted by molar-refractivity contribution is -0.134. The number of amides is 1. The highest BCUT2D eigenvalue weighted by molar-refractivity contribution is 6.45. The number of aromatic nitrogens is 1. The Morgan fingerprint density at radius 1 is 1.15 bits per heavy atom. The van der Waals surface area contributed by atoms with Gasteiger partial charge in [0.05, 0.1) is 30.3 Å². The smallest absolute Gasteiger partial charge is 0.295 e. The Kier molecular flexibility index (Phi) is 4.13. The number of carbonyl (C=O) groups excluding carboxylic acids is 2. The molecule has 1 aliphatic heterocycles. The van der Waals surface area contributed by atoms with E-state index in [1.165, 1.54) is 4.90 Å². The molecule has 0 bridgehead atoms. The third-order valence-corrected chi connectivity index (χ3v) is 4.74. The highest BCUT2D eigenvalue weighted by Gasteiger charge is 2.36. The van der Waals surface area contributed by atoms with Crippen molar-refractivity contribution in [1.29, 1.82) is 5.26 Å². The molecule has 27 heavy (non-hydrogen) atoms. The zero-order valence-electron chi connectivity index (χ0n) is 14.7. The molecule has 0 unspecified atom stereocenters. The molecule has 6 nitrogen and oxygen atoms in total. The number of aromatic amines is 1. The number of fused-ring (bicyclic) bond motifs is 1. The fourth-order valence-corrected chi connectivity index (χ4v) is 3.30. The predicted octanol–water partition coefficient (Wildman–Crippen LogP) is 2.82. The van der Waals surface area contributed by atoms with Crippen LogP contribution in [0, 0.1) is 18.3 Å². The summed E-state index contributed by atoms with van der Waals surface area (Å²) < 4.78 is 5.77. The maximum atomic E-state index is 12.7. The Bertz CT molecular complexity index is 1070. The van der Waals surface area contributed by atoms with E-state index < -0.39 is 11.7 Å². The van der Waals surface area contributed by atoms with Crippen LogP contribution in [0.3, 0.4) is 0 Å². The van der Waals surface area contributed by atoms with E-state index in [-0.39, 0.29) is 6.10 Å². The first kappa shape index (κ1) is 16.9. The highest BCUT2D eigenvalue weighted by Crippen LogP contribution is 2.24. The van der Waals surface area contributed by atoms with Crippen molar-refractivity contribution < 1.29 is 14.3 Å². The van der Waals surface area contributed by atoms with Crippen molar-refractivity contribution in [2.75, 3.05) is 13.1 Å². The minimum atomic E-state index is -0.512. The van der Waals surface area contributed by atoms with Crippen LogP contribution in [0.4, 0.5) is 0 Å². The number of benzene rings is 2. The second-order valence-corrected chi connectivity index (χ2v) is 6.59. The number of aryl methyl sites for hydroxylation is 1. The van der Waals surface area contributed by atoms with Crippen LogP contribution in [-0.4, -0.2) is 40.8 Å². The summed E-state index contributed by atoms with van der Waals surface area (Å²) in [5, 5.41) is 9.57. The number of hydrogen-bond donors (Lipinski definition) is 1. The summed E-state index contributed by atoms with van der Waals surface area (Å²) in [4.78, 5) is 29.9. The van der Waals surface area contributed by atoms with Crippen molar-refractivity contribution >= 4 is 22.6 Å². The predicted molar refractivity (Wildman–Crippen MR) is 99.5 cm³/mol. The molecule has 0 radical (unpaired) electrons. The SMILES string of the molecule is Cc1[nH]c2ccccc2c1C(=O)C(=O)N1CC(Oc2ccc(C#N)cc2)C1. The summed E-state index contributed by atoms with van der Waals surface area (Å²) in [7, 11) is 0. The lowest BCUT2D eigenvalue weighted by Crippen LogP contribution is -2.57. The number of carbonyl (C=O) groups is 2. The van der Waals surface area contributed by atoms with Crippen LogP contribution in [0.25, 0.3) is 10.9 Å². The van der Waals surface area contributed by atoms with Gasteiger partial charge in [-0.25, -0.2) is 0 Å². The molecule has 1 saturated heterocycles. The molecule has 0 aliphatic carbocycles. The molecule has 0 saturated carbocycles. The lowest BCUT2D eigenvalue weighted by atomic mass is 10.0. The fraction of sp³-hybridized carbons (Fsp3) is 0.190. The summed E-state index contributed by atoms with van der Waals surface area (Å²) in [5.74, 6) is -0.366. The first-order valence-corrected chi connectivity index (χ1v) is 8.64. The standard InChI is InChI=1S/C21H17N3O3/c1-13-19(17-4-2-3-5-18(17)23-13)20(25)21(26)24-11-16(12-24)27-15-8-6-14(10-22)7-9-15/h2-9,16,23H,11-12H2,1H3. The summed E-state index contributed by atoms with van der Waals surface area (Å²) in [6.07, 6.45) is -0.154. The molecule has 1 aromatic heterocycles. The van der Waals surface area contributed by atoms with Gasteiger partial charge in [0.1, 0.15) is 11.9 Å². The maximum absolute atomic E-state index is 12.7. The summed E-state index contributed by atoms with van der Waals surface area (Å²) in [6, 6.07) is 16.3. The van der Waals surface area contributed by atoms with Crippen LogP contribution < -0.4 is 4.74 Å². The van der Waals surface area contributed by atoms with Gasteiger partial charge < -0.3 is 14.6 Å². The van der Waals surface area contributed by atoms with Gasteiger partial charge in [-0.15, -0.1) is 0 Å². The topological polar surface area (TPSA) is 86.2 Å². The molecule has 1 fully saturated rings. The average molecular weight is 359 g/mol. The number of H-pyrrole nitrogens is 1. The zero-order valence-corrected chi connectivity index (χ0v) is 14.7. The number of likely N-dealkylation sites (tertiary alicyclic amines) is 1. The molecule has 6 heteroatoms. The highest BCUT2D eigenvalue weighted by atomic mass is 16.5. The zero-order chi connectivity index (χ0) is 19.0. The van der Waals surface area contributed by atoms with Crippen molar-refractivity contribution in [2.24, 2.45) is 0 Å². The van der Waals surface area contributed by atoms with E-state index in [1.54, 1.807) is 31.2 Å². The monoisotopic (exact) mass is 359 g/mol. The van der Waals surface area contributed by atoms with E-state index in [0.29, 0.717) is 35.7 Å². The second kappa shape index (κ2) is 6.61. The number of ketones is 1. The number of para-hydroxylation sites is 1. The van der Waals surface area contributed by atoms with Gasteiger partial charge in [-0.2, -0.15) is 5.26 Å². The molecule has 1 aliphatic rings. The quantitative estimate of drug-likeness (QED) is 0.573. The van der Waals surface area contributed by atoms with Crippen LogP contribution in [-0.2, 0) is 4.79 Å². The van der Waals surface area contributed by atoms with E-state index in [0.717, 1.165) is 10.9 Å². The Morgan fingerprint density at radius 3 is 2.56 bits per heavy atom. The number of hydrogen-bond acceptors (Lipinski definition) is 4. The van der Waals surface area contributed by atoms with Crippen molar-refractivity contribution in [3.05, 3.63) is 65.4 Å². The van der Waals surface area contributed by atoms with Gasteiger partial charge in [0.25, 0.3) is 11.7 Å². The number of rotatable bonds is 4. The Balaban J connectivity index is 1.41. The lowest BCUT2D eigenvalue weighted by Gasteiger charge is -2.38. The Morgan fingerprint density at radius 2 is 1.85 bits per heavy atom. The van der Waals surface area contributed by atoms with Crippen molar-refractivity contribution in [2.45, 2.75) is 13.0 Å². The third kappa shape index (κ3) is 3.04. The van der Waals surface area contributed by atoms with Gasteiger partial charge in [-0.1, -0.05) is 18.2 Å². The summed E-state index contributed by atoms with van der Waals surface area (Å²) in [5.41, 5.74) is 2.54. The van der Waals surface area contributed by atoms with Crippen LogP contribution in [0.1, 0.15) is 21.6 Å². The molecule has 1 amide bonds. The third-order valence-electron chi connectivity index (χ3n) is 4.74. The van der Waals surface area contributed by atoms with Gasteiger partial charge in [0.2, 0.25) is 0 Å². The van der Waals surface area contributed by atoms with Gasteiger partial charge in [-0.05, 0) is 37.3 Å². The molecule has 134 valence electrons. The second-order valence-electron chi connectivity index (χ2n) is 6.59. The molecule has 2 heterocycles. The largest absolute Gasteiger partial charge is 0.487 e. The number of nitrogens with one attached hydrogen (secondary N) is 1. The average Bonchev–Trinajstić information content (AvgIpc) is 2.99. The van der Waals surface area contributed by atoms with Crippen molar-refractivity contribution in [1.82, 2.24) is 9.88 Å². The Hall–Kier alpha value is -3.59. The van der Waals surface area contributed by atoms with E-state index in [2.05, 4.69) is 11.1 Å². The van der Waals surface area contributed by atoms with E-state index in [4.69, 9.17) is 10.00 Å². The normalized spacial score (nSPS) is 13.9. The van der Waals surface area contributed by atoms with Crippen LogP contribution >= 0.6 is 0 Å². The molecular weight excluding hydrogens is 342 g/mol. The van der Waals surface area contributed by atoms with Gasteiger partial charge in [-0.3, -0.25) is 9.59 Å². The first-order chi connectivity index (χ1) is 13.1. The number of Topliss-reactive ketones (excluding diaryl/α,β-unsaturated/α-hetero) is 1. The molecule has 0 spiro atoms. The summed E-state index contributed by atoms with van der Waals surface area (Å²) >= 11 is 0. The van der Waals surface area contributed by atoms with Crippen LogP contribution in [0.2, 0.25) is 0 Å². The summed E-state index contributed by atoms with van der Waals surface area (Å²) in [6.45, 7) is 2.53.